The van der Waals surface area contributed by atoms with Crippen molar-refractivity contribution in [2.45, 2.75) is 0 Å². The molecule has 0 saturated heterocycles. The summed E-state index contributed by atoms with van der Waals surface area (Å²) in [5, 5.41) is 24.0. The molecule has 2 amide bonds. The van der Waals surface area contributed by atoms with Gasteiger partial charge in [-0.25, -0.2) is 0 Å². The molecule has 1 heterocycles. The van der Waals surface area contributed by atoms with Crippen molar-refractivity contribution in [3.8, 4) is 5.75 Å². The second kappa shape index (κ2) is 7.89. The summed E-state index contributed by atoms with van der Waals surface area (Å²) in [7, 11) is 0. The normalized spacial score (nSPS) is 10.4. The molecule has 0 bridgehead atoms. The minimum absolute atomic E-state index is 0.191. The zero-order valence-corrected chi connectivity index (χ0v) is 15.1. The van der Waals surface area contributed by atoms with Crippen LogP contribution in [0.4, 0.5) is 5.69 Å². The Morgan fingerprint density at radius 1 is 1.00 bits per heavy atom. The average molecular weight is 398 g/mol. The van der Waals surface area contributed by atoms with Gasteiger partial charge in [0.2, 0.25) is 4.74 Å². The largest absolute Gasteiger partial charge is 0.506 e. The van der Waals surface area contributed by atoms with Gasteiger partial charge in [0.05, 0.1) is 0 Å². The van der Waals surface area contributed by atoms with Gasteiger partial charge in [0, 0.05) is 21.3 Å². The van der Waals surface area contributed by atoms with Gasteiger partial charge in [0.25, 0.3) is 11.8 Å². The lowest BCUT2D eigenvalue weighted by Crippen LogP contribution is -2.32. The fourth-order valence-electron chi connectivity index (χ4n) is 2.50. The molecule has 0 unspecified atom stereocenters. The van der Waals surface area contributed by atoms with Crippen molar-refractivity contribution in [2.75, 3.05) is 11.9 Å². The summed E-state index contributed by atoms with van der Waals surface area (Å²) < 4.78 is -0.288. The Morgan fingerprint density at radius 2 is 1.71 bits per heavy atom. The summed E-state index contributed by atoms with van der Waals surface area (Å²) in [6.45, 7) is -0.687. The Balaban J connectivity index is 1.96. The molecular weight excluding hydrogens is 384 g/mol. The number of hydrogen-bond donors (Lipinski definition) is 4. The Labute approximate surface area is 162 Å². The Kier molecular flexibility index (Phi) is 5.37. The molecule has 0 spiro atoms. The molecule has 0 fully saturated rings. The average Bonchev–Trinajstić information content (AvgIpc) is 2.67. The van der Waals surface area contributed by atoms with Gasteiger partial charge in [0.1, 0.15) is 17.9 Å². The van der Waals surface area contributed by atoms with Crippen LogP contribution in [0.3, 0.4) is 0 Å². The van der Waals surface area contributed by atoms with Crippen LogP contribution in [-0.4, -0.2) is 34.5 Å². The third-order valence-corrected chi connectivity index (χ3v) is 4.76. The number of benzene rings is 2. The van der Waals surface area contributed by atoms with Gasteiger partial charge in [-0.2, -0.15) is 0 Å². The van der Waals surface area contributed by atoms with E-state index in [1.54, 1.807) is 42.5 Å². The highest BCUT2D eigenvalue weighted by Gasteiger charge is 2.20. The van der Waals surface area contributed by atoms with E-state index in [1.807, 2.05) is 0 Å². The molecule has 0 saturated carbocycles. The fourth-order valence-corrected chi connectivity index (χ4v) is 3.39. The van der Waals surface area contributed by atoms with Crippen molar-refractivity contribution < 1.29 is 24.6 Å². The molecule has 3 rings (SSSR count). The van der Waals surface area contributed by atoms with E-state index in [4.69, 9.17) is 5.11 Å². The molecule has 0 aliphatic heterocycles. The van der Waals surface area contributed by atoms with Crippen molar-refractivity contribution in [3.05, 3.63) is 69.2 Å². The Hall–Kier alpha value is -3.72. The van der Waals surface area contributed by atoms with Crippen molar-refractivity contribution in [1.29, 1.82) is 0 Å². The van der Waals surface area contributed by atoms with Crippen LogP contribution in [0, 0.1) is 0 Å². The summed E-state index contributed by atoms with van der Waals surface area (Å²) in [4.78, 5) is 47.1. The summed E-state index contributed by atoms with van der Waals surface area (Å²) in [6.07, 6.45) is 0. The van der Waals surface area contributed by atoms with Crippen LogP contribution >= 0.6 is 11.3 Å². The van der Waals surface area contributed by atoms with Gasteiger partial charge < -0.3 is 20.8 Å². The van der Waals surface area contributed by atoms with E-state index in [2.05, 4.69) is 10.6 Å². The van der Waals surface area contributed by atoms with Gasteiger partial charge >= 0.3 is 5.97 Å². The first-order valence-corrected chi connectivity index (χ1v) is 8.84. The Morgan fingerprint density at radius 3 is 2.39 bits per heavy atom. The monoisotopic (exact) mass is 398 g/mol. The highest BCUT2D eigenvalue weighted by Crippen LogP contribution is 2.31. The number of aromatic hydroxyl groups is 1. The first-order valence-electron chi connectivity index (χ1n) is 8.03. The number of fused-ring (bicyclic) bond motifs is 1. The zero-order valence-electron chi connectivity index (χ0n) is 14.3. The van der Waals surface area contributed by atoms with E-state index < -0.39 is 34.5 Å². The van der Waals surface area contributed by atoms with Gasteiger partial charge in [-0.15, -0.1) is 0 Å². The first kappa shape index (κ1) is 19.1. The van der Waals surface area contributed by atoms with E-state index in [9.17, 15) is 24.3 Å². The molecule has 0 atom stereocenters. The lowest BCUT2D eigenvalue weighted by molar-refractivity contribution is -0.135. The van der Waals surface area contributed by atoms with Gasteiger partial charge in [-0.3, -0.25) is 19.2 Å². The van der Waals surface area contributed by atoms with Gasteiger partial charge in [-0.1, -0.05) is 29.5 Å². The highest BCUT2D eigenvalue weighted by molar-refractivity contribution is 7.16. The molecular formula is C19H14N2O6S. The second-order valence-corrected chi connectivity index (χ2v) is 6.74. The number of anilines is 1. The predicted octanol–water partition coefficient (Wildman–Crippen LogP) is 2.03. The number of nitrogens with one attached hydrogen (secondary N) is 2. The SMILES string of the molecule is O=C(O)CNC(=O)c1c(O)c2cc(NC(=O)c3ccccc3)ccc2sc1=O. The molecule has 0 radical (unpaired) electrons. The summed E-state index contributed by atoms with van der Waals surface area (Å²) in [6, 6.07) is 13.1. The maximum absolute atomic E-state index is 12.3. The Bertz CT molecular complexity index is 1140. The molecule has 8 nitrogen and oxygen atoms in total. The van der Waals surface area contributed by atoms with Crippen molar-refractivity contribution in [2.24, 2.45) is 0 Å². The molecule has 9 heteroatoms. The number of carboxylic acid groups (broad SMARTS) is 1. The minimum atomic E-state index is -1.28. The fraction of sp³-hybridized carbons (Fsp3) is 0.0526. The van der Waals surface area contributed by atoms with Crippen LogP contribution in [0.15, 0.2) is 53.3 Å². The highest BCUT2D eigenvalue weighted by atomic mass is 32.1. The smallest absolute Gasteiger partial charge is 0.322 e. The number of carbonyl (C=O) groups is 3. The predicted molar refractivity (Wildman–Crippen MR) is 104 cm³/mol. The van der Waals surface area contributed by atoms with Crippen LogP contribution < -0.4 is 15.4 Å². The van der Waals surface area contributed by atoms with Crippen LogP contribution in [-0.2, 0) is 4.79 Å². The van der Waals surface area contributed by atoms with E-state index in [0.717, 1.165) is 11.3 Å². The van der Waals surface area contributed by atoms with E-state index in [1.165, 1.54) is 6.07 Å². The maximum atomic E-state index is 12.3. The van der Waals surface area contributed by atoms with Crippen LogP contribution in [0.1, 0.15) is 20.7 Å². The molecule has 28 heavy (non-hydrogen) atoms. The quantitative estimate of drug-likeness (QED) is 0.520. The molecule has 2 aromatic carbocycles. The standard InChI is InChI=1S/C19H14N2O6S/c22-14(23)9-20-18(26)15-16(24)12-8-11(6-7-13(12)28-19(15)27)21-17(25)10-4-2-1-3-5-10/h1-8,24H,9H2,(H,20,26)(H,21,25)(H,22,23). The van der Waals surface area contributed by atoms with E-state index in [0.29, 0.717) is 16.0 Å². The number of aliphatic carboxylic acids is 1. The number of carboxylic acids is 1. The first-order chi connectivity index (χ1) is 13.4. The third-order valence-electron chi connectivity index (χ3n) is 3.80. The third kappa shape index (κ3) is 3.99. The molecule has 0 aliphatic rings. The maximum Gasteiger partial charge on any atom is 0.322 e. The van der Waals surface area contributed by atoms with Crippen LogP contribution in [0.25, 0.3) is 10.1 Å². The molecule has 1 aromatic heterocycles. The molecule has 142 valence electrons. The van der Waals surface area contributed by atoms with E-state index in [-0.39, 0.29) is 11.3 Å². The van der Waals surface area contributed by atoms with E-state index >= 15 is 0 Å². The van der Waals surface area contributed by atoms with Gasteiger partial charge in [-0.05, 0) is 30.3 Å². The summed E-state index contributed by atoms with van der Waals surface area (Å²) in [5.74, 6) is -3.20. The van der Waals surface area contributed by atoms with Crippen molar-refractivity contribution in [3.63, 3.8) is 0 Å². The number of amides is 2. The lowest BCUT2D eigenvalue weighted by Gasteiger charge is -2.09. The minimum Gasteiger partial charge on any atom is -0.506 e. The topological polar surface area (TPSA) is 133 Å². The van der Waals surface area contributed by atoms with Crippen molar-refractivity contribution in [1.82, 2.24) is 5.32 Å². The van der Waals surface area contributed by atoms with Crippen LogP contribution in [0.5, 0.6) is 5.75 Å². The molecule has 3 aromatic rings. The number of hydrogen-bond acceptors (Lipinski definition) is 6. The van der Waals surface area contributed by atoms with Crippen molar-refractivity contribution >= 4 is 44.9 Å². The zero-order chi connectivity index (χ0) is 20.3. The second-order valence-electron chi connectivity index (χ2n) is 5.72. The number of rotatable bonds is 5. The van der Waals surface area contributed by atoms with Crippen LogP contribution in [0.2, 0.25) is 0 Å². The summed E-state index contributed by atoms with van der Waals surface area (Å²) in [5.41, 5.74) is 0.267. The van der Waals surface area contributed by atoms with Gasteiger partial charge in [0.15, 0.2) is 0 Å². The summed E-state index contributed by atoms with van der Waals surface area (Å²) >= 11 is 0.733. The lowest BCUT2D eigenvalue weighted by atomic mass is 10.1. The molecule has 0 aliphatic carbocycles. The molecule has 4 N–H and O–H groups in total. The number of carbonyl (C=O) groups excluding carboxylic acids is 2.